The summed E-state index contributed by atoms with van der Waals surface area (Å²) in [4.78, 5) is 13.6. The number of hydrogen-bond donors (Lipinski definition) is 2. The molecular weight excluding hydrogens is 240 g/mol. The second kappa shape index (κ2) is 5.72. The number of rotatable bonds is 4. The van der Waals surface area contributed by atoms with Crippen LogP contribution in [0.1, 0.15) is 18.1 Å². The van der Waals surface area contributed by atoms with Crippen molar-refractivity contribution in [3.8, 4) is 0 Å². The molecule has 1 heterocycles. The maximum atomic E-state index is 11.3. The fourth-order valence-corrected chi connectivity index (χ4v) is 2.57. The highest BCUT2D eigenvalue weighted by atomic mass is 16.4. The van der Waals surface area contributed by atoms with Crippen LogP contribution in [-0.4, -0.2) is 48.2 Å². The average molecular weight is 262 g/mol. The van der Waals surface area contributed by atoms with E-state index in [-0.39, 0.29) is 0 Å². The molecule has 0 amide bonds. The van der Waals surface area contributed by atoms with Gasteiger partial charge in [-0.05, 0) is 37.9 Å². The van der Waals surface area contributed by atoms with Gasteiger partial charge in [0.1, 0.15) is 5.54 Å². The van der Waals surface area contributed by atoms with E-state index >= 15 is 0 Å². The molecule has 1 aromatic rings. The zero-order valence-electron chi connectivity index (χ0n) is 11.6. The zero-order chi connectivity index (χ0) is 13.9. The molecule has 0 spiro atoms. The van der Waals surface area contributed by atoms with Gasteiger partial charge in [-0.15, -0.1) is 0 Å². The molecule has 19 heavy (non-hydrogen) atoms. The van der Waals surface area contributed by atoms with Gasteiger partial charge in [-0.2, -0.15) is 0 Å². The standard InChI is InChI=1S/C15H22N2O2/c1-15(16-2,14(18)19)11-17-9-7-12-5-3-4-6-13(12)8-10-17/h3-6,16H,7-11H2,1-2H3,(H,18,19). The number of nitrogens with one attached hydrogen (secondary N) is 1. The third-order valence-electron chi connectivity index (χ3n) is 4.08. The van der Waals surface area contributed by atoms with Gasteiger partial charge in [-0.1, -0.05) is 24.3 Å². The molecule has 2 rings (SSSR count). The summed E-state index contributed by atoms with van der Waals surface area (Å²) >= 11 is 0. The van der Waals surface area contributed by atoms with Gasteiger partial charge in [0, 0.05) is 19.6 Å². The first-order chi connectivity index (χ1) is 9.05. The summed E-state index contributed by atoms with van der Waals surface area (Å²) in [6.07, 6.45) is 1.99. The van der Waals surface area contributed by atoms with Crippen molar-refractivity contribution >= 4 is 5.97 Å². The van der Waals surface area contributed by atoms with Crippen LogP contribution in [0.2, 0.25) is 0 Å². The molecule has 4 nitrogen and oxygen atoms in total. The molecule has 0 fully saturated rings. The quantitative estimate of drug-likeness (QED) is 0.854. The lowest BCUT2D eigenvalue weighted by atomic mass is 10.0. The molecule has 1 aliphatic rings. The summed E-state index contributed by atoms with van der Waals surface area (Å²) < 4.78 is 0. The Labute approximate surface area is 114 Å². The van der Waals surface area contributed by atoms with E-state index in [1.54, 1.807) is 14.0 Å². The predicted octanol–water partition coefficient (Wildman–Crippen LogP) is 1.15. The van der Waals surface area contributed by atoms with E-state index in [0.717, 1.165) is 25.9 Å². The lowest BCUT2D eigenvalue weighted by Gasteiger charge is -2.31. The molecule has 0 aliphatic carbocycles. The third kappa shape index (κ3) is 3.14. The summed E-state index contributed by atoms with van der Waals surface area (Å²) in [6, 6.07) is 8.49. The monoisotopic (exact) mass is 262 g/mol. The molecule has 4 heteroatoms. The van der Waals surface area contributed by atoms with Crippen molar-refractivity contribution in [3.05, 3.63) is 35.4 Å². The van der Waals surface area contributed by atoms with Crippen molar-refractivity contribution in [2.24, 2.45) is 0 Å². The lowest BCUT2D eigenvalue weighted by Crippen LogP contribution is -2.55. The molecular formula is C15H22N2O2. The van der Waals surface area contributed by atoms with Crippen molar-refractivity contribution in [1.29, 1.82) is 0 Å². The average Bonchev–Trinajstić information content (AvgIpc) is 2.61. The second-order valence-electron chi connectivity index (χ2n) is 5.43. The molecule has 0 aromatic heterocycles. The minimum Gasteiger partial charge on any atom is -0.480 e. The van der Waals surface area contributed by atoms with E-state index in [1.165, 1.54) is 11.1 Å². The Morgan fingerprint density at radius 2 is 1.84 bits per heavy atom. The maximum absolute atomic E-state index is 11.3. The molecule has 0 saturated carbocycles. The Kier molecular flexibility index (Phi) is 4.22. The van der Waals surface area contributed by atoms with Crippen LogP contribution in [0.5, 0.6) is 0 Å². The van der Waals surface area contributed by atoms with Crippen LogP contribution in [0.4, 0.5) is 0 Å². The number of fused-ring (bicyclic) bond motifs is 1. The minimum atomic E-state index is -0.878. The van der Waals surface area contributed by atoms with Crippen molar-refractivity contribution in [3.63, 3.8) is 0 Å². The van der Waals surface area contributed by atoms with Crippen LogP contribution in [-0.2, 0) is 17.6 Å². The minimum absolute atomic E-state index is 0.535. The summed E-state index contributed by atoms with van der Waals surface area (Å²) in [5, 5.41) is 12.2. The first-order valence-electron chi connectivity index (χ1n) is 6.76. The highest BCUT2D eigenvalue weighted by Crippen LogP contribution is 2.17. The van der Waals surface area contributed by atoms with Gasteiger partial charge in [0.15, 0.2) is 0 Å². The van der Waals surface area contributed by atoms with Crippen molar-refractivity contribution in [2.75, 3.05) is 26.7 Å². The van der Waals surface area contributed by atoms with E-state index in [4.69, 9.17) is 0 Å². The first kappa shape index (κ1) is 14.0. The Hall–Kier alpha value is -1.39. The first-order valence-corrected chi connectivity index (χ1v) is 6.76. The van der Waals surface area contributed by atoms with Gasteiger partial charge < -0.3 is 15.3 Å². The van der Waals surface area contributed by atoms with Gasteiger partial charge in [0.2, 0.25) is 0 Å². The molecule has 1 atom stereocenters. The Morgan fingerprint density at radius 3 is 2.26 bits per heavy atom. The van der Waals surface area contributed by atoms with E-state index < -0.39 is 11.5 Å². The summed E-state index contributed by atoms with van der Waals surface area (Å²) in [7, 11) is 1.71. The van der Waals surface area contributed by atoms with E-state index in [0.29, 0.717) is 6.54 Å². The molecule has 2 N–H and O–H groups in total. The number of aliphatic carboxylic acids is 1. The number of carboxylic acid groups (broad SMARTS) is 1. The van der Waals surface area contributed by atoms with Gasteiger partial charge in [-0.25, -0.2) is 0 Å². The van der Waals surface area contributed by atoms with Crippen molar-refractivity contribution in [1.82, 2.24) is 10.2 Å². The molecule has 0 bridgehead atoms. The maximum Gasteiger partial charge on any atom is 0.324 e. The summed E-state index contributed by atoms with van der Waals surface area (Å²) in [6.45, 7) is 4.11. The summed E-state index contributed by atoms with van der Waals surface area (Å²) in [5.74, 6) is -0.795. The number of likely N-dealkylation sites (N-methyl/N-ethyl adjacent to an activating group) is 1. The largest absolute Gasteiger partial charge is 0.480 e. The van der Waals surface area contributed by atoms with Crippen LogP contribution in [0.15, 0.2) is 24.3 Å². The van der Waals surface area contributed by atoms with E-state index in [2.05, 4.69) is 34.5 Å². The molecule has 104 valence electrons. The van der Waals surface area contributed by atoms with Crippen LogP contribution >= 0.6 is 0 Å². The van der Waals surface area contributed by atoms with Crippen LogP contribution in [0, 0.1) is 0 Å². The van der Waals surface area contributed by atoms with E-state index in [9.17, 15) is 9.90 Å². The Bertz CT molecular complexity index is 434. The Balaban J connectivity index is 2.04. The van der Waals surface area contributed by atoms with Gasteiger partial charge in [0.05, 0.1) is 0 Å². The topological polar surface area (TPSA) is 52.6 Å². The van der Waals surface area contributed by atoms with Crippen molar-refractivity contribution in [2.45, 2.75) is 25.3 Å². The van der Waals surface area contributed by atoms with Crippen LogP contribution in [0.3, 0.4) is 0 Å². The molecule has 1 unspecified atom stereocenters. The fraction of sp³-hybridized carbons (Fsp3) is 0.533. The molecule has 1 aliphatic heterocycles. The predicted molar refractivity (Wildman–Crippen MR) is 75.4 cm³/mol. The summed E-state index contributed by atoms with van der Waals surface area (Å²) in [5.41, 5.74) is 1.91. The number of benzene rings is 1. The zero-order valence-corrected chi connectivity index (χ0v) is 11.6. The van der Waals surface area contributed by atoms with Gasteiger partial charge >= 0.3 is 5.97 Å². The SMILES string of the molecule is CNC(C)(CN1CCc2ccccc2CC1)C(=O)O. The lowest BCUT2D eigenvalue weighted by molar-refractivity contribution is -0.144. The van der Waals surface area contributed by atoms with Gasteiger partial charge in [0.25, 0.3) is 0 Å². The van der Waals surface area contributed by atoms with Gasteiger partial charge in [-0.3, -0.25) is 4.79 Å². The smallest absolute Gasteiger partial charge is 0.324 e. The fourth-order valence-electron chi connectivity index (χ4n) is 2.57. The third-order valence-corrected chi connectivity index (χ3v) is 4.08. The number of carbonyl (C=O) groups is 1. The van der Waals surface area contributed by atoms with Crippen LogP contribution < -0.4 is 5.32 Å². The number of carboxylic acids is 1. The highest BCUT2D eigenvalue weighted by Gasteiger charge is 2.33. The normalized spacial score (nSPS) is 19.3. The van der Waals surface area contributed by atoms with Crippen molar-refractivity contribution < 1.29 is 9.90 Å². The highest BCUT2D eigenvalue weighted by molar-refractivity contribution is 5.78. The number of nitrogens with zero attached hydrogens (tertiary/aromatic N) is 1. The Morgan fingerprint density at radius 1 is 1.32 bits per heavy atom. The second-order valence-corrected chi connectivity index (χ2v) is 5.43. The molecule has 1 aromatic carbocycles. The van der Waals surface area contributed by atoms with E-state index in [1.807, 2.05) is 0 Å². The number of hydrogen-bond acceptors (Lipinski definition) is 3. The van der Waals surface area contributed by atoms with Crippen LogP contribution in [0.25, 0.3) is 0 Å². The molecule has 0 saturated heterocycles. The molecule has 0 radical (unpaired) electrons.